The Bertz CT molecular complexity index is 496. The Labute approximate surface area is 131 Å². The number of halogens is 2. The molecule has 0 heterocycles. The summed E-state index contributed by atoms with van der Waals surface area (Å²) < 4.78 is 2.87. The fourth-order valence-corrected chi connectivity index (χ4v) is 2.90. The van der Waals surface area contributed by atoms with Crippen LogP contribution in [-0.4, -0.2) is 0 Å². The van der Waals surface area contributed by atoms with Gasteiger partial charge in [-0.05, 0) is 105 Å². The fraction of sp³-hybridized carbons (Fsp3) is 0.333. The summed E-state index contributed by atoms with van der Waals surface area (Å²) >= 11 is 4.86. The minimum absolute atomic E-state index is 1.11. The molecular formula is C15H16I2. The predicted molar refractivity (Wildman–Crippen MR) is 91.6 cm³/mol. The van der Waals surface area contributed by atoms with Gasteiger partial charge in [-0.2, -0.15) is 0 Å². The maximum absolute atomic E-state index is 2.47. The highest BCUT2D eigenvalue weighted by Crippen LogP contribution is 2.30. The van der Waals surface area contributed by atoms with E-state index < -0.39 is 0 Å². The van der Waals surface area contributed by atoms with Crippen LogP contribution in [0.4, 0.5) is 0 Å². The molecule has 2 rings (SSSR count). The third-order valence-corrected chi connectivity index (χ3v) is 5.77. The van der Waals surface area contributed by atoms with Crippen LogP contribution in [0.25, 0.3) is 0 Å². The average molecular weight is 450 g/mol. The predicted octanol–water partition coefficient (Wildman–Crippen LogP) is 5.57. The van der Waals surface area contributed by atoms with Crippen molar-refractivity contribution in [3.63, 3.8) is 0 Å². The first-order valence-electron chi connectivity index (χ1n) is 5.86. The van der Waals surface area contributed by atoms with Crippen LogP contribution < -0.4 is 0 Å². The topological polar surface area (TPSA) is 0 Å². The van der Waals surface area contributed by atoms with Crippen molar-refractivity contribution < 1.29 is 0 Å². The molecule has 0 radical (unpaired) electrons. The van der Waals surface area contributed by atoms with E-state index in [2.05, 4.69) is 83.3 Å². The number of hydrogen-bond donors (Lipinski definition) is 0. The highest BCUT2D eigenvalue weighted by atomic mass is 127. The lowest BCUT2D eigenvalue weighted by Gasteiger charge is -2.15. The summed E-state index contributed by atoms with van der Waals surface area (Å²) in [6.45, 7) is 4.41. The quantitative estimate of drug-likeness (QED) is 0.517. The molecule has 0 fully saturated rings. The van der Waals surface area contributed by atoms with E-state index in [4.69, 9.17) is 0 Å². The molecule has 0 aromatic heterocycles. The van der Waals surface area contributed by atoms with Gasteiger partial charge in [0.1, 0.15) is 0 Å². The van der Waals surface area contributed by atoms with Gasteiger partial charge in [0, 0.05) is 3.57 Å². The second kappa shape index (κ2) is 5.87. The van der Waals surface area contributed by atoms with Crippen molar-refractivity contribution in [2.45, 2.75) is 33.1 Å². The molecule has 0 amide bonds. The third-order valence-electron chi connectivity index (χ3n) is 3.17. The van der Waals surface area contributed by atoms with Crippen LogP contribution in [0.1, 0.15) is 30.9 Å². The van der Waals surface area contributed by atoms with Gasteiger partial charge < -0.3 is 0 Å². The zero-order chi connectivity index (χ0) is 12.4. The number of benzene rings is 1. The first-order chi connectivity index (χ1) is 8.06. The van der Waals surface area contributed by atoms with Crippen molar-refractivity contribution in [3.05, 3.63) is 53.7 Å². The molecule has 1 aromatic rings. The summed E-state index contributed by atoms with van der Waals surface area (Å²) in [7, 11) is 0. The maximum Gasteiger partial charge on any atom is 0.0159 e. The van der Waals surface area contributed by atoms with E-state index in [0.29, 0.717) is 0 Å². The van der Waals surface area contributed by atoms with Gasteiger partial charge in [-0.25, -0.2) is 0 Å². The molecule has 0 saturated carbocycles. The SMILES string of the molecule is CC1=C(I)CCC(Cc2ccc(I)c(C)c2)=C1. The number of rotatable bonds is 2. The molecule has 0 N–H and O–H groups in total. The Morgan fingerprint density at radius 3 is 2.53 bits per heavy atom. The molecule has 1 aliphatic carbocycles. The van der Waals surface area contributed by atoms with Gasteiger partial charge in [0.25, 0.3) is 0 Å². The van der Waals surface area contributed by atoms with Crippen molar-refractivity contribution >= 4 is 45.2 Å². The van der Waals surface area contributed by atoms with E-state index in [-0.39, 0.29) is 0 Å². The number of aryl methyl sites for hydroxylation is 1. The molecule has 1 aliphatic rings. The van der Waals surface area contributed by atoms with Crippen molar-refractivity contribution in [3.8, 4) is 0 Å². The lowest BCUT2D eigenvalue weighted by atomic mass is 9.94. The maximum atomic E-state index is 2.47. The van der Waals surface area contributed by atoms with E-state index in [0.717, 1.165) is 6.42 Å². The first-order valence-corrected chi connectivity index (χ1v) is 8.02. The Balaban J connectivity index is 2.17. The van der Waals surface area contributed by atoms with Crippen LogP contribution in [0.5, 0.6) is 0 Å². The van der Waals surface area contributed by atoms with E-state index in [1.165, 1.54) is 36.7 Å². The van der Waals surface area contributed by atoms with Gasteiger partial charge in [-0.15, -0.1) is 0 Å². The zero-order valence-electron chi connectivity index (χ0n) is 10.2. The van der Waals surface area contributed by atoms with Crippen LogP contribution in [0.3, 0.4) is 0 Å². The second-order valence-corrected chi connectivity index (χ2v) is 7.12. The van der Waals surface area contributed by atoms with Crippen molar-refractivity contribution in [2.75, 3.05) is 0 Å². The molecule has 2 heteroatoms. The summed E-state index contributed by atoms with van der Waals surface area (Å²) in [6, 6.07) is 6.80. The van der Waals surface area contributed by atoms with Gasteiger partial charge >= 0.3 is 0 Å². The molecule has 90 valence electrons. The summed E-state index contributed by atoms with van der Waals surface area (Å²) in [6.07, 6.45) is 5.93. The van der Waals surface area contributed by atoms with Crippen LogP contribution in [0.15, 0.2) is 39.0 Å². The van der Waals surface area contributed by atoms with Crippen molar-refractivity contribution in [1.29, 1.82) is 0 Å². The van der Waals surface area contributed by atoms with E-state index in [1.54, 1.807) is 5.57 Å². The molecule has 0 nitrogen and oxygen atoms in total. The number of hydrogen-bond acceptors (Lipinski definition) is 0. The van der Waals surface area contributed by atoms with Gasteiger partial charge in [-0.1, -0.05) is 23.8 Å². The molecule has 0 atom stereocenters. The highest BCUT2D eigenvalue weighted by molar-refractivity contribution is 14.1. The molecule has 1 aromatic carbocycles. The summed E-state index contributed by atoms with van der Waals surface area (Å²) in [5, 5.41) is 0. The Morgan fingerprint density at radius 1 is 1.12 bits per heavy atom. The molecule has 0 spiro atoms. The fourth-order valence-electron chi connectivity index (χ4n) is 2.14. The highest BCUT2D eigenvalue weighted by Gasteiger charge is 2.09. The Kier molecular flexibility index (Phi) is 4.69. The van der Waals surface area contributed by atoms with Gasteiger partial charge in [0.2, 0.25) is 0 Å². The molecular weight excluding hydrogens is 434 g/mol. The Hall–Kier alpha value is 0.160. The largest absolute Gasteiger partial charge is 0.0652 e. The van der Waals surface area contributed by atoms with Crippen LogP contribution >= 0.6 is 45.2 Å². The molecule has 0 aliphatic heterocycles. The van der Waals surface area contributed by atoms with Gasteiger partial charge in [-0.3, -0.25) is 0 Å². The Morgan fingerprint density at radius 2 is 1.88 bits per heavy atom. The first kappa shape index (κ1) is 13.6. The zero-order valence-corrected chi connectivity index (χ0v) is 14.5. The second-order valence-electron chi connectivity index (χ2n) is 4.65. The van der Waals surface area contributed by atoms with Crippen LogP contribution in [0.2, 0.25) is 0 Å². The smallest absolute Gasteiger partial charge is 0.0159 e. The minimum Gasteiger partial charge on any atom is -0.0652 e. The lowest BCUT2D eigenvalue weighted by molar-refractivity contribution is 0.893. The summed E-state index contributed by atoms with van der Waals surface area (Å²) in [5.41, 5.74) is 5.86. The lowest BCUT2D eigenvalue weighted by Crippen LogP contribution is -1.98. The minimum atomic E-state index is 1.11. The molecule has 17 heavy (non-hydrogen) atoms. The summed E-state index contributed by atoms with van der Waals surface area (Å²) in [5.74, 6) is 0. The van der Waals surface area contributed by atoms with Gasteiger partial charge in [0.15, 0.2) is 0 Å². The normalized spacial score (nSPS) is 16.1. The summed E-state index contributed by atoms with van der Waals surface area (Å²) in [4.78, 5) is 0. The average Bonchev–Trinajstić information content (AvgIpc) is 2.29. The van der Waals surface area contributed by atoms with Gasteiger partial charge in [0.05, 0.1) is 0 Å². The van der Waals surface area contributed by atoms with Crippen molar-refractivity contribution in [1.82, 2.24) is 0 Å². The molecule has 0 bridgehead atoms. The standard InChI is InChI=1S/C15H16I2/c1-10-7-12(3-5-14(10)16)9-13-4-6-15(17)11(2)8-13/h3,5,7-8H,4,6,9H2,1-2H3. The monoisotopic (exact) mass is 450 g/mol. The third kappa shape index (κ3) is 3.56. The van der Waals surface area contributed by atoms with E-state index >= 15 is 0 Å². The van der Waals surface area contributed by atoms with Crippen LogP contribution in [0, 0.1) is 10.5 Å². The molecule has 0 saturated heterocycles. The van der Waals surface area contributed by atoms with Crippen LogP contribution in [-0.2, 0) is 6.42 Å². The molecule has 0 unspecified atom stereocenters. The van der Waals surface area contributed by atoms with Crippen molar-refractivity contribution in [2.24, 2.45) is 0 Å². The number of allylic oxidation sites excluding steroid dienone is 4. The van der Waals surface area contributed by atoms with E-state index in [9.17, 15) is 0 Å². The van der Waals surface area contributed by atoms with E-state index in [1.807, 2.05) is 0 Å².